The van der Waals surface area contributed by atoms with E-state index in [0.717, 1.165) is 27.9 Å². The van der Waals surface area contributed by atoms with Crippen molar-refractivity contribution >= 4 is 17.4 Å². The van der Waals surface area contributed by atoms with Crippen molar-refractivity contribution in [2.75, 3.05) is 5.73 Å². The van der Waals surface area contributed by atoms with Crippen LogP contribution in [0.2, 0.25) is 0 Å². The average molecular weight is 245 g/mol. The highest BCUT2D eigenvalue weighted by atomic mass is 32.2. The number of anilines is 1. The minimum absolute atomic E-state index is 0.754. The van der Waals surface area contributed by atoms with Gasteiger partial charge in [0, 0.05) is 23.3 Å². The number of nitrogen functional groups attached to an aromatic ring is 1. The second-order valence-corrected chi connectivity index (χ2v) is 4.99. The van der Waals surface area contributed by atoms with Crippen LogP contribution in [0.5, 0.6) is 0 Å². The lowest BCUT2D eigenvalue weighted by molar-refractivity contribution is 1.04. The van der Waals surface area contributed by atoms with E-state index in [-0.39, 0.29) is 0 Å². The van der Waals surface area contributed by atoms with E-state index in [1.165, 1.54) is 5.56 Å². The van der Waals surface area contributed by atoms with Crippen molar-refractivity contribution in [3.63, 3.8) is 0 Å². The first kappa shape index (κ1) is 11.9. The van der Waals surface area contributed by atoms with E-state index in [1.54, 1.807) is 24.0 Å². The van der Waals surface area contributed by atoms with Crippen LogP contribution in [0.3, 0.4) is 0 Å². The van der Waals surface area contributed by atoms with E-state index in [2.05, 4.69) is 29.0 Å². The molecule has 0 fully saturated rings. The van der Waals surface area contributed by atoms with Gasteiger partial charge in [0.2, 0.25) is 0 Å². The summed E-state index contributed by atoms with van der Waals surface area (Å²) >= 11 is 1.68. The molecule has 0 saturated carbocycles. The summed E-state index contributed by atoms with van der Waals surface area (Å²) in [5.74, 6) is 0.793. The van der Waals surface area contributed by atoms with Crippen molar-refractivity contribution in [1.82, 2.24) is 9.97 Å². The molecule has 2 rings (SSSR count). The number of hydrogen-bond donors (Lipinski definition) is 1. The largest absolute Gasteiger partial charge is 0.399 e. The van der Waals surface area contributed by atoms with E-state index in [9.17, 15) is 0 Å². The molecule has 2 N–H and O–H groups in total. The lowest BCUT2D eigenvalue weighted by Gasteiger charge is -2.04. The number of aromatic nitrogens is 2. The summed E-state index contributed by atoms with van der Waals surface area (Å²) in [6.07, 6.45) is 1.74. The Morgan fingerprint density at radius 1 is 1.24 bits per heavy atom. The van der Waals surface area contributed by atoms with Crippen LogP contribution in [-0.2, 0) is 5.75 Å². The van der Waals surface area contributed by atoms with Gasteiger partial charge in [-0.2, -0.15) is 0 Å². The molecule has 4 heteroatoms. The number of nitrogens with two attached hydrogens (primary N) is 1. The van der Waals surface area contributed by atoms with Gasteiger partial charge in [0.15, 0.2) is 0 Å². The number of pyridine rings is 2. The second-order valence-electron chi connectivity index (χ2n) is 3.99. The zero-order valence-electron chi connectivity index (χ0n) is 9.97. The molecule has 2 aromatic rings. The topological polar surface area (TPSA) is 51.8 Å². The molecule has 0 aliphatic rings. The standard InChI is InChI=1S/C13H15N3S/c1-9-5-10(2)16-13(6-9)17-8-12-7-11(14)3-4-15-12/h3-7H,8H2,1-2H3,(H2,14,15). The molecule has 3 nitrogen and oxygen atoms in total. The van der Waals surface area contributed by atoms with E-state index < -0.39 is 0 Å². The van der Waals surface area contributed by atoms with Crippen molar-refractivity contribution in [2.45, 2.75) is 24.6 Å². The number of rotatable bonds is 3. The number of hydrogen-bond acceptors (Lipinski definition) is 4. The van der Waals surface area contributed by atoms with Crippen molar-refractivity contribution in [3.05, 3.63) is 47.4 Å². The monoisotopic (exact) mass is 245 g/mol. The van der Waals surface area contributed by atoms with Gasteiger partial charge < -0.3 is 5.73 Å². The summed E-state index contributed by atoms with van der Waals surface area (Å²) in [5.41, 5.74) is 9.73. The van der Waals surface area contributed by atoms with Crippen LogP contribution in [0, 0.1) is 13.8 Å². The Morgan fingerprint density at radius 3 is 2.76 bits per heavy atom. The quantitative estimate of drug-likeness (QED) is 0.845. The van der Waals surface area contributed by atoms with Gasteiger partial charge in [0.1, 0.15) is 0 Å². The molecular weight excluding hydrogens is 230 g/mol. The van der Waals surface area contributed by atoms with Crippen LogP contribution in [0.4, 0.5) is 5.69 Å². The first-order chi connectivity index (χ1) is 8.13. The Hall–Kier alpha value is -1.55. The van der Waals surface area contributed by atoms with Crippen molar-refractivity contribution < 1.29 is 0 Å². The molecule has 0 aliphatic carbocycles. The van der Waals surface area contributed by atoms with Gasteiger partial charge in [0.05, 0.1) is 10.7 Å². The number of thioether (sulfide) groups is 1. The molecule has 0 spiro atoms. The predicted octanol–water partition coefficient (Wildman–Crippen LogP) is 2.97. The minimum atomic E-state index is 0.754. The molecule has 0 radical (unpaired) electrons. The fraction of sp³-hybridized carbons (Fsp3) is 0.231. The molecule has 0 aromatic carbocycles. The van der Waals surface area contributed by atoms with Gasteiger partial charge in [-0.3, -0.25) is 4.98 Å². The molecule has 0 aliphatic heterocycles. The SMILES string of the molecule is Cc1cc(C)nc(SCc2cc(N)ccn2)c1. The lowest BCUT2D eigenvalue weighted by Crippen LogP contribution is -1.92. The first-order valence-corrected chi connectivity index (χ1v) is 6.40. The van der Waals surface area contributed by atoms with Gasteiger partial charge in [0.25, 0.3) is 0 Å². The third-order valence-electron chi connectivity index (χ3n) is 2.28. The van der Waals surface area contributed by atoms with Gasteiger partial charge >= 0.3 is 0 Å². The molecule has 0 bridgehead atoms. The smallest absolute Gasteiger partial charge is 0.0969 e. The molecule has 2 aromatic heterocycles. The van der Waals surface area contributed by atoms with Crippen molar-refractivity contribution in [2.24, 2.45) is 0 Å². The zero-order chi connectivity index (χ0) is 12.3. The van der Waals surface area contributed by atoms with Gasteiger partial charge in [-0.05, 0) is 43.7 Å². The van der Waals surface area contributed by atoms with Gasteiger partial charge in [-0.25, -0.2) is 4.98 Å². The maximum absolute atomic E-state index is 5.71. The molecule has 0 amide bonds. The summed E-state index contributed by atoms with van der Waals surface area (Å²) in [7, 11) is 0. The third-order valence-corrected chi connectivity index (χ3v) is 3.23. The number of aryl methyl sites for hydroxylation is 2. The Kier molecular flexibility index (Phi) is 3.64. The molecule has 17 heavy (non-hydrogen) atoms. The normalized spacial score (nSPS) is 10.5. The summed E-state index contributed by atoms with van der Waals surface area (Å²) in [6.45, 7) is 4.09. The average Bonchev–Trinajstić information content (AvgIpc) is 2.25. The maximum atomic E-state index is 5.71. The summed E-state index contributed by atoms with van der Waals surface area (Å²) in [5, 5.41) is 1.03. The van der Waals surface area contributed by atoms with E-state index >= 15 is 0 Å². The van der Waals surface area contributed by atoms with Crippen LogP contribution in [0.25, 0.3) is 0 Å². The minimum Gasteiger partial charge on any atom is -0.399 e. The van der Waals surface area contributed by atoms with E-state index in [0.29, 0.717) is 0 Å². The Bertz CT molecular complexity index is 506. The van der Waals surface area contributed by atoms with Crippen LogP contribution in [0.15, 0.2) is 35.5 Å². The Labute approximate surface area is 105 Å². The third kappa shape index (κ3) is 3.46. The second kappa shape index (κ2) is 5.19. The van der Waals surface area contributed by atoms with Crippen molar-refractivity contribution in [3.8, 4) is 0 Å². The highest BCUT2D eigenvalue weighted by molar-refractivity contribution is 7.98. The van der Waals surface area contributed by atoms with Crippen LogP contribution >= 0.6 is 11.8 Å². The lowest BCUT2D eigenvalue weighted by atomic mass is 10.3. The maximum Gasteiger partial charge on any atom is 0.0969 e. The predicted molar refractivity (Wildman–Crippen MR) is 71.9 cm³/mol. The fourth-order valence-corrected chi connectivity index (χ4v) is 2.53. The highest BCUT2D eigenvalue weighted by Crippen LogP contribution is 2.21. The number of nitrogens with zero attached hydrogens (tertiary/aromatic N) is 2. The summed E-state index contributed by atoms with van der Waals surface area (Å²) in [6, 6.07) is 7.85. The van der Waals surface area contributed by atoms with Gasteiger partial charge in [-0.15, -0.1) is 11.8 Å². The van der Waals surface area contributed by atoms with Crippen LogP contribution in [0.1, 0.15) is 17.0 Å². The molecule has 0 saturated heterocycles. The van der Waals surface area contributed by atoms with E-state index in [4.69, 9.17) is 5.73 Å². The molecule has 0 unspecified atom stereocenters. The van der Waals surface area contributed by atoms with Crippen molar-refractivity contribution in [1.29, 1.82) is 0 Å². The molecular formula is C13H15N3S. The molecule has 88 valence electrons. The summed E-state index contributed by atoms with van der Waals surface area (Å²) in [4.78, 5) is 8.75. The Morgan fingerprint density at radius 2 is 2.06 bits per heavy atom. The summed E-state index contributed by atoms with van der Waals surface area (Å²) < 4.78 is 0. The Balaban J connectivity index is 2.07. The zero-order valence-corrected chi connectivity index (χ0v) is 10.8. The van der Waals surface area contributed by atoms with E-state index in [1.807, 2.05) is 13.0 Å². The molecule has 0 atom stereocenters. The van der Waals surface area contributed by atoms with Crippen LogP contribution < -0.4 is 5.73 Å². The van der Waals surface area contributed by atoms with Crippen LogP contribution in [-0.4, -0.2) is 9.97 Å². The first-order valence-electron chi connectivity index (χ1n) is 5.42. The van der Waals surface area contributed by atoms with Gasteiger partial charge in [-0.1, -0.05) is 0 Å². The molecule has 2 heterocycles. The fourth-order valence-electron chi connectivity index (χ4n) is 1.60. The highest BCUT2D eigenvalue weighted by Gasteiger charge is 2.01.